The number of ether oxygens (including phenoxy) is 1. The molecule has 4 nitrogen and oxygen atoms in total. The number of hydrogen-bond donors (Lipinski definition) is 0. The predicted molar refractivity (Wildman–Crippen MR) is 82.0 cm³/mol. The molecule has 0 bridgehead atoms. The second kappa shape index (κ2) is 7.55. The van der Waals surface area contributed by atoms with Crippen LogP contribution >= 0.6 is 0 Å². The summed E-state index contributed by atoms with van der Waals surface area (Å²) >= 11 is 0. The van der Waals surface area contributed by atoms with Crippen LogP contribution in [0.3, 0.4) is 0 Å². The summed E-state index contributed by atoms with van der Waals surface area (Å²) in [5, 5.41) is 0. The first-order valence-electron chi connectivity index (χ1n) is 6.97. The Bertz CT molecular complexity index is 556. The summed E-state index contributed by atoms with van der Waals surface area (Å²) in [6.45, 7) is 0.835. The van der Waals surface area contributed by atoms with Gasteiger partial charge in [0.2, 0.25) is 0 Å². The van der Waals surface area contributed by atoms with Gasteiger partial charge in [-0.05, 0) is 32.3 Å². The SMILES string of the molecule is CN(C)CCC(OC(=O)c1ccccc1)c1cccnc1. The van der Waals surface area contributed by atoms with Gasteiger partial charge in [0.1, 0.15) is 6.10 Å². The molecule has 1 aromatic heterocycles. The molecule has 0 aliphatic carbocycles. The van der Waals surface area contributed by atoms with Crippen molar-refractivity contribution in [2.24, 2.45) is 0 Å². The average Bonchev–Trinajstić information content (AvgIpc) is 2.52. The van der Waals surface area contributed by atoms with E-state index in [2.05, 4.69) is 9.88 Å². The molecule has 1 aromatic carbocycles. The number of pyridine rings is 1. The molecular formula is C17H20N2O2. The van der Waals surface area contributed by atoms with E-state index in [4.69, 9.17) is 4.74 Å². The van der Waals surface area contributed by atoms with Crippen LogP contribution in [0, 0.1) is 0 Å². The normalized spacial score (nSPS) is 12.1. The third kappa shape index (κ3) is 4.68. The third-order valence-electron chi connectivity index (χ3n) is 3.15. The standard InChI is InChI=1S/C17H20N2O2/c1-19(2)12-10-16(15-9-6-11-18-13-15)21-17(20)14-7-4-3-5-8-14/h3-9,11,13,16H,10,12H2,1-2H3. The highest BCUT2D eigenvalue weighted by Gasteiger charge is 2.18. The highest BCUT2D eigenvalue weighted by molar-refractivity contribution is 5.89. The second-order valence-electron chi connectivity index (χ2n) is 5.14. The predicted octanol–water partition coefficient (Wildman–Crippen LogP) is 2.93. The molecule has 1 heterocycles. The Morgan fingerprint density at radius 1 is 1.19 bits per heavy atom. The molecule has 4 heteroatoms. The molecule has 0 amide bonds. The van der Waals surface area contributed by atoms with Crippen molar-refractivity contribution in [1.82, 2.24) is 9.88 Å². The van der Waals surface area contributed by atoms with E-state index in [0.717, 1.165) is 18.5 Å². The van der Waals surface area contributed by atoms with E-state index >= 15 is 0 Å². The van der Waals surface area contributed by atoms with Gasteiger partial charge in [-0.1, -0.05) is 24.3 Å². The van der Waals surface area contributed by atoms with Crippen LogP contribution < -0.4 is 0 Å². The zero-order chi connectivity index (χ0) is 15.1. The minimum Gasteiger partial charge on any atom is -0.454 e. The van der Waals surface area contributed by atoms with E-state index in [0.29, 0.717) is 5.56 Å². The number of carbonyl (C=O) groups excluding carboxylic acids is 1. The van der Waals surface area contributed by atoms with Crippen LogP contribution in [0.5, 0.6) is 0 Å². The Morgan fingerprint density at radius 2 is 1.95 bits per heavy atom. The number of esters is 1. The fourth-order valence-corrected chi connectivity index (χ4v) is 2.01. The molecule has 0 fully saturated rings. The van der Waals surface area contributed by atoms with Crippen LogP contribution in [-0.4, -0.2) is 36.5 Å². The first kappa shape index (κ1) is 15.2. The summed E-state index contributed by atoms with van der Waals surface area (Å²) in [6.07, 6.45) is 3.91. The summed E-state index contributed by atoms with van der Waals surface area (Å²) in [5.74, 6) is -0.303. The van der Waals surface area contributed by atoms with Crippen molar-refractivity contribution in [1.29, 1.82) is 0 Å². The lowest BCUT2D eigenvalue weighted by atomic mass is 10.1. The van der Waals surface area contributed by atoms with Gasteiger partial charge < -0.3 is 9.64 Å². The quantitative estimate of drug-likeness (QED) is 0.765. The largest absolute Gasteiger partial charge is 0.454 e. The van der Waals surface area contributed by atoms with Gasteiger partial charge in [-0.15, -0.1) is 0 Å². The Kier molecular flexibility index (Phi) is 5.46. The lowest BCUT2D eigenvalue weighted by Crippen LogP contribution is -2.19. The van der Waals surface area contributed by atoms with Crippen molar-refractivity contribution in [3.05, 3.63) is 66.0 Å². The van der Waals surface area contributed by atoms with E-state index in [-0.39, 0.29) is 12.1 Å². The molecular weight excluding hydrogens is 264 g/mol. The van der Waals surface area contributed by atoms with Gasteiger partial charge in [-0.25, -0.2) is 4.79 Å². The van der Waals surface area contributed by atoms with Crippen molar-refractivity contribution in [3.63, 3.8) is 0 Å². The monoisotopic (exact) mass is 284 g/mol. The zero-order valence-electron chi connectivity index (χ0n) is 12.4. The summed E-state index contributed by atoms with van der Waals surface area (Å²) < 4.78 is 5.67. The minimum absolute atomic E-state index is 0.284. The molecule has 0 aliphatic heterocycles. The molecule has 0 saturated heterocycles. The highest BCUT2D eigenvalue weighted by Crippen LogP contribution is 2.22. The van der Waals surface area contributed by atoms with Crippen molar-refractivity contribution < 1.29 is 9.53 Å². The number of aromatic nitrogens is 1. The molecule has 1 unspecified atom stereocenters. The summed E-state index contributed by atoms with van der Waals surface area (Å²) in [4.78, 5) is 18.4. The number of hydrogen-bond acceptors (Lipinski definition) is 4. The fraction of sp³-hybridized carbons (Fsp3) is 0.294. The number of benzene rings is 1. The van der Waals surface area contributed by atoms with Crippen molar-refractivity contribution in [3.8, 4) is 0 Å². The maximum atomic E-state index is 12.2. The van der Waals surface area contributed by atoms with Crippen molar-refractivity contribution >= 4 is 5.97 Å². The van der Waals surface area contributed by atoms with Gasteiger partial charge in [0, 0.05) is 30.9 Å². The van der Waals surface area contributed by atoms with Crippen LogP contribution in [0.2, 0.25) is 0 Å². The van der Waals surface area contributed by atoms with E-state index in [1.807, 2.05) is 44.4 Å². The lowest BCUT2D eigenvalue weighted by Gasteiger charge is -2.20. The maximum Gasteiger partial charge on any atom is 0.338 e. The lowest BCUT2D eigenvalue weighted by molar-refractivity contribution is 0.0260. The molecule has 1 atom stereocenters. The first-order valence-corrected chi connectivity index (χ1v) is 6.97. The third-order valence-corrected chi connectivity index (χ3v) is 3.15. The van der Waals surface area contributed by atoms with Gasteiger partial charge in [-0.2, -0.15) is 0 Å². The summed E-state index contributed by atoms with van der Waals surface area (Å²) in [5.41, 5.74) is 1.49. The molecule has 2 rings (SSSR count). The number of nitrogens with zero attached hydrogens (tertiary/aromatic N) is 2. The van der Waals surface area contributed by atoms with Crippen LogP contribution in [0.15, 0.2) is 54.9 Å². The highest BCUT2D eigenvalue weighted by atomic mass is 16.5. The van der Waals surface area contributed by atoms with Gasteiger partial charge in [0.15, 0.2) is 0 Å². The fourth-order valence-electron chi connectivity index (χ4n) is 2.01. The van der Waals surface area contributed by atoms with Gasteiger partial charge >= 0.3 is 5.97 Å². The smallest absolute Gasteiger partial charge is 0.338 e. The molecule has 0 spiro atoms. The minimum atomic E-state index is -0.303. The van der Waals surface area contributed by atoms with Gasteiger partial charge in [0.25, 0.3) is 0 Å². The van der Waals surface area contributed by atoms with Crippen molar-refractivity contribution in [2.75, 3.05) is 20.6 Å². The summed E-state index contributed by atoms with van der Waals surface area (Å²) in [6, 6.07) is 12.8. The Labute approximate surface area is 125 Å². The topological polar surface area (TPSA) is 42.4 Å². The second-order valence-corrected chi connectivity index (χ2v) is 5.14. The molecule has 21 heavy (non-hydrogen) atoms. The molecule has 0 saturated carbocycles. The van der Waals surface area contributed by atoms with E-state index in [9.17, 15) is 4.79 Å². The average molecular weight is 284 g/mol. The Hall–Kier alpha value is -2.20. The van der Waals surface area contributed by atoms with E-state index < -0.39 is 0 Å². The zero-order valence-corrected chi connectivity index (χ0v) is 12.4. The molecule has 0 N–H and O–H groups in total. The number of rotatable bonds is 6. The Balaban J connectivity index is 2.10. The molecule has 0 radical (unpaired) electrons. The van der Waals surface area contributed by atoms with Gasteiger partial charge in [-0.3, -0.25) is 4.98 Å². The maximum absolute atomic E-state index is 12.2. The summed E-state index contributed by atoms with van der Waals surface area (Å²) in [7, 11) is 4.00. The Morgan fingerprint density at radius 3 is 2.57 bits per heavy atom. The van der Waals surface area contributed by atoms with Gasteiger partial charge in [0.05, 0.1) is 5.56 Å². The first-order chi connectivity index (χ1) is 10.2. The molecule has 110 valence electrons. The van der Waals surface area contributed by atoms with E-state index in [1.165, 1.54) is 0 Å². The van der Waals surface area contributed by atoms with Crippen LogP contribution in [0.4, 0.5) is 0 Å². The van der Waals surface area contributed by atoms with Crippen LogP contribution in [0.1, 0.15) is 28.4 Å². The van der Waals surface area contributed by atoms with Crippen molar-refractivity contribution in [2.45, 2.75) is 12.5 Å². The molecule has 0 aliphatic rings. The molecule has 2 aromatic rings. The van der Waals surface area contributed by atoms with E-state index in [1.54, 1.807) is 24.5 Å². The van der Waals surface area contributed by atoms with Crippen LogP contribution in [-0.2, 0) is 4.74 Å². The van der Waals surface area contributed by atoms with Crippen LogP contribution in [0.25, 0.3) is 0 Å². The number of carbonyl (C=O) groups is 1.